The molecule has 1 heterocycles. The summed E-state index contributed by atoms with van der Waals surface area (Å²) in [5, 5.41) is 0. The standard InChI is InChI=1S/C6H9BrN2S/c1-9(2)3-5-6(7)8-4-10-5/h4H,3H2,1-2H3. The smallest absolute Gasteiger partial charge is 0.121 e. The molecule has 0 fully saturated rings. The number of hydrogen-bond donors (Lipinski definition) is 0. The van der Waals surface area contributed by atoms with Crippen LogP contribution in [0, 0.1) is 0 Å². The van der Waals surface area contributed by atoms with Crippen molar-refractivity contribution in [3.05, 3.63) is 15.0 Å². The predicted octanol–water partition coefficient (Wildman–Crippen LogP) is 1.97. The van der Waals surface area contributed by atoms with Gasteiger partial charge in [-0.15, -0.1) is 11.3 Å². The van der Waals surface area contributed by atoms with Gasteiger partial charge in [-0.25, -0.2) is 4.98 Å². The fourth-order valence-electron chi connectivity index (χ4n) is 0.647. The summed E-state index contributed by atoms with van der Waals surface area (Å²) in [5.74, 6) is 0. The van der Waals surface area contributed by atoms with Crippen LogP contribution in [-0.2, 0) is 6.54 Å². The molecule has 1 rings (SSSR count). The Bertz CT molecular complexity index is 209. The van der Waals surface area contributed by atoms with Gasteiger partial charge in [0.05, 0.1) is 10.4 Å². The first-order chi connectivity index (χ1) is 4.70. The molecule has 0 spiro atoms. The van der Waals surface area contributed by atoms with Crippen molar-refractivity contribution in [1.82, 2.24) is 9.88 Å². The lowest BCUT2D eigenvalue weighted by molar-refractivity contribution is 0.405. The van der Waals surface area contributed by atoms with Gasteiger partial charge in [-0.2, -0.15) is 0 Å². The van der Waals surface area contributed by atoms with Gasteiger partial charge in [0.2, 0.25) is 0 Å². The van der Waals surface area contributed by atoms with Crippen LogP contribution in [0.25, 0.3) is 0 Å². The number of hydrogen-bond acceptors (Lipinski definition) is 3. The molecule has 4 heteroatoms. The Hall–Kier alpha value is 0.0700. The molecule has 0 aliphatic heterocycles. The molecule has 2 nitrogen and oxygen atoms in total. The van der Waals surface area contributed by atoms with Crippen LogP contribution in [0.5, 0.6) is 0 Å². The van der Waals surface area contributed by atoms with Gasteiger partial charge in [0.1, 0.15) is 4.60 Å². The molecule has 1 aromatic rings. The molecule has 0 N–H and O–H groups in total. The van der Waals surface area contributed by atoms with Crippen LogP contribution in [-0.4, -0.2) is 24.0 Å². The monoisotopic (exact) mass is 220 g/mol. The Morgan fingerprint density at radius 2 is 2.40 bits per heavy atom. The van der Waals surface area contributed by atoms with E-state index in [0.717, 1.165) is 11.1 Å². The molecule has 10 heavy (non-hydrogen) atoms. The summed E-state index contributed by atoms with van der Waals surface area (Å²) in [6.45, 7) is 0.964. The summed E-state index contributed by atoms with van der Waals surface area (Å²) in [6.07, 6.45) is 0. The van der Waals surface area contributed by atoms with E-state index in [4.69, 9.17) is 0 Å². The van der Waals surface area contributed by atoms with E-state index in [2.05, 4.69) is 25.8 Å². The molecule has 0 radical (unpaired) electrons. The Balaban J connectivity index is 2.65. The number of halogens is 1. The average molecular weight is 221 g/mol. The largest absolute Gasteiger partial charge is 0.304 e. The minimum atomic E-state index is 0.964. The van der Waals surface area contributed by atoms with Gasteiger partial charge in [0.25, 0.3) is 0 Å². The zero-order valence-electron chi connectivity index (χ0n) is 5.97. The van der Waals surface area contributed by atoms with E-state index < -0.39 is 0 Å². The van der Waals surface area contributed by atoms with Crippen molar-refractivity contribution in [2.24, 2.45) is 0 Å². The van der Waals surface area contributed by atoms with Crippen LogP contribution in [0.15, 0.2) is 10.1 Å². The first kappa shape index (κ1) is 8.17. The van der Waals surface area contributed by atoms with Crippen LogP contribution in [0.2, 0.25) is 0 Å². The van der Waals surface area contributed by atoms with Gasteiger partial charge >= 0.3 is 0 Å². The summed E-state index contributed by atoms with van der Waals surface area (Å²) in [6, 6.07) is 0. The summed E-state index contributed by atoms with van der Waals surface area (Å²) in [7, 11) is 4.10. The summed E-state index contributed by atoms with van der Waals surface area (Å²) >= 11 is 5.05. The predicted molar refractivity (Wildman–Crippen MR) is 47.2 cm³/mol. The molecule has 0 aromatic carbocycles. The van der Waals surface area contributed by atoms with Gasteiger partial charge in [0.15, 0.2) is 0 Å². The molecule has 0 aliphatic rings. The minimum absolute atomic E-state index is 0.964. The van der Waals surface area contributed by atoms with E-state index in [-0.39, 0.29) is 0 Å². The topological polar surface area (TPSA) is 16.1 Å². The highest BCUT2D eigenvalue weighted by Crippen LogP contribution is 2.19. The molecular weight excluding hydrogens is 212 g/mol. The zero-order chi connectivity index (χ0) is 7.56. The lowest BCUT2D eigenvalue weighted by atomic mass is 10.5. The summed E-state index contributed by atoms with van der Waals surface area (Å²) < 4.78 is 0.978. The normalized spacial score (nSPS) is 10.8. The second-order valence-corrected chi connectivity index (χ2v) is 3.99. The maximum Gasteiger partial charge on any atom is 0.121 e. The van der Waals surface area contributed by atoms with E-state index in [1.54, 1.807) is 11.3 Å². The van der Waals surface area contributed by atoms with Gasteiger partial charge in [-0.1, -0.05) is 0 Å². The number of aromatic nitrogens is 1. The van der Waals surface area contributed by atoms with Crippen molar-refractivity contribution in [2.45, 2.75) is 6.54 Å². The maximum absolute atomic E-state index is 4.08. The van der Waals surface area contributed by atoms with Crippen LogP contribution >= 0.6 is 27.3 Å². The van der Waals surface area contributed by atoms with Gasteiger partial charge in [-0.3, -0.25) is 0 Å². The van der Waals surface area contributed by atoms with Gasteiger partial charge < -0.3 is 4.90 Å². The SMILES string of the molecule is CN(C)Cc1scnc1Br. The van der Waals surface area contributed by atoms with Gasteiger partial charge in [0, 0.05) is 6.54 Å². The van der Waals surface area contributed by atoms with Crippen molar-refractivity contribution in [3.8, 4) is 0 Å². The fourth-order valence-corrected chi connectivity index (χ4v) is 2.06. The van der Waals surface area contributed by atoms with E-state index in [0.29, 0.717) is 0 Å². The van der Waals surface area contributed by atoms with E-state index in [1.807, 2.05) is 19.6 Å². The van der Waals surface area contributed by atoms with Crippen molar-refractivity contribution in [2.75, 3.05) is 14.1 Å². The van der Waals surface area contributed by atoms with Gasteiger partial charge in [-0.05, 0) is 30.0 Å². The van der Waals surface area contributed by atoms with E-state index in [1.165, 1.54) is 4.88 Å². The first-order valence-corrected chi connectivity index (χ1v) is 4.60. The van der Waals surface area contributed by atoms with Crippen LogP contribution in [0.4, 0.5) is 0 Å². The highest BCUT2D eigenvalue weighted by molar-refractivity contribution is 9.10. The molecule has 0 atom stereocenters. The third-order valence-electron chi connectivity index (χ3n) is 1.05. The molecule has 0 unspecified atom stereocenters. The molecule has 0 aliphatic carbocycles. The first-order valence-electron chi connectivity index (χ1n) is 2.92. The fraction of sp³-hybridized carbons (Fsp3) is 0.500. The lowest BCUT2D eigenvalue weighted by Crippen LogP contribution is -2.09. The lowest BCUT2D eigenvalue weighted by Gasteiger charge is -2.06. The Kier molecular flexibility index (Phi) is 2.82. The van der Waals surface area contributed by atoms with E-state index >= 15 is 0 Å². The highest BCUT2D eigenvalue weighted by Gasteiger charge is 2.02. The average Bonchev–Trinajstić information content (AvgIpc) is 2.15. The quantitative estimate of drug-likeness (QED) is 0.758. The summed E-state index contributed by atoms with van der Waals surface area (Å²) in [5.41, 5.74) is 1.85. The minimum Gasteiger partial charge on any atom is -0.304 e. The third-order valence-corrected chi connectivity index (χ3v) is 2.81. The Morgan fingerprint density at radius 1 is 1.70 bits per heavy atom. The van der Waals surface area contributed by atoms with Crippen LogP contribution in [0.1, 0.15) is 4.88 Å². The molecular formula is C6H9BrN2S. The number of thiazole rings is 1. The molecule has 56 valence electrons. The van der Waals surface area contributed by atoms with Crippen LogP contribution < -0.4 is 0 Å². The maximum atomic E-state index is 4.08. The molecule has 0 bridgehead atoms. The van der Waals surface area contributed by atoms with Crippen molar-refractivity contribution < 1.29 is 0 Å². The second-order valence-electron chi connectivity index (χ2n) is 2.30. The van der Waals surface area contributed by atoms with Crippen molar-refractivity contribution in [3.63, 3.8) is 0 Å². The van der Waals surface area contributed by atoms with Crippen molar-refractivity contribution >= 4 is 27.3 Å². The Labute approximate surface area is 73.0 Å². The molecule has 1 aromatic heterocycles. The zero-order valence-corrected chi connectivity index (χ0v) is 8.37. The van der Waals surface area contributed by atoms with E-state index in [9.17, 15) is 0 Å². The number of rotatable bonds is 2. The summed E-state index contributed by atoms with van der Waals surface area (Å²) in [4.78, 5) is 7.48. The second kappa shape index (κ2) is 3.46. The number of nitrogens with zero attached hydrogens (tertiary/aromatic N) is 2. The van der Waals surface area contributed by atoms with Crippen LogP contribution in [0.3, 0.4) is 0 Å². The highest BCUT2D eigenvalue weighted by atomic mass is 79.9. The Morgan fingerprint density at radius 3 is 2.80 bits per heavy atom. The van der Waals surface area contributed by atoms with Crippen molar-refractivity contribution in [1.29, 1.82) is 0 Å². The third kappa shape index (κ3) is 2.04. The molecule has 0 saturated carbocycles. The molecule has 0 amide bonds. The molecule has 0 saturated heterocycles.